The zero-order chi connectivity index (χ0) is 13.0. The molecule has 2 unspecified atom stereocenters. The van der Waals surface area contributed by atoms with Crippen molar-refractivity contribution in [3.8, 4) is 0 Å². The third-order valence-corrected chi connectivity index (χ3v) is 3.32. The number of benzene rings is 1. The molecule has 4 nitrogen and oxygen atoms in total. The minimum absolute atomic E-state index is 0.0359. The van der Waals surface area contributed by atoms with Crippen LogP contribution in [0.15, 0.2) is 24.3 Å². The summed E-state index contributed by atoms with van der Waals surface area (Å²) in [5.41, 5.74) is 1.89. The lowest BCUT2D eigenvalue weighted by atomic mass is 10.0. The van der Waals surface area contributed by atoms with E-state index in [4.69, 9.17) is 9.84 Å². The lowest BCUT2D eigenvalue weighted by molar-refractivity contribution is -0.131. The lowest BCUT2D eigenvalue weighted by Crippen LogP contribution is -2.36. The van der Waals surface area contributed by atoms with Gasteiger partial charge in [0.2, 0.25) is 5.91 Å². The summed E-state index contributed by atoms with van der Waals surface area (Å²) in [4.78, 5) is 11.9. The van der Waals surface area contributed by atoms with Crippen molar-refractivity contribution in [3.63, 3.8) is 0 Å². The molecule has 1 aliphatic rings. The summed E-state index contributed by atoms with van der Waals surface area (Å²) < 4.78 is 5.41. The fourth-order valence-corrected chi connectivity index (χ4v) is 2.08. The van der Waals surface area contributed by atoms with Gasteiger partial charge in [-0.2, -0.15) is 0 Å². The molecule has 1 heterocycles. The molecular weight excluding hydrogens is 230 g/mol. The number of nitrogens with one attached hydrogen (secondary N) is 1. The Morgan fingerprint density at radius 1 is 1.39 bits per heavy atom. The van der Waals surface area contributed by atoms with Crippen LogP contribution in [0.4, 0.5) is 0 Å². The fourth-order valence-electron chi connectivity index (χ4n) is 2.08. The van der Waals surface area contributed by atoms with Gasteiger partial charge in [-0.05, 0) is 23.5 Å². The Hall–Kier alpha value is -1.39. The average molecular weight is 249 g/mol. The van der Waals surface area contributed by atoms with E-state index in [1.165, 1.54) is 0 Å². The number of carbonyl (C=O) groups is 1. The zero-order valence-corrected chi connectivity index (χ0v) is 10.6. The van der Waals surface area contributed by atoms with Crippen molar-refractivity contribution in [1.29, 1.82) is 0 Å². The van der Waals surface area contributed by atoms with Crippen molar-refractivity contribution in [2.24, 2.45) is 5.92 Å². The van der Waals surface area contributed by atoms with Crippen molar-refractivity contribution >= 4 is 5.91 Å². The van der Waals surface area contributed by atoms with E-state index in [1.54, 1.807) is 0 Å². The zero-order valence-electron chi connectivity index (χ0n) is 10.6. The first-order valence-corrected chi connectivity index (χ1v) is 6.28. The van der Waals surface area contributed by atoms with Gasteiger partial charge in [-0.15, -0.1) is 0 Å². The molecule has 1 aromatic carbocycles. The van der Waals surface area contributed by atoms with Crippen LogP contribution in [0.2, 0.25) is 0 Å². The second-order valence-corrected chi connectivity index (χ2v) is 4.75. The quantitative estimate of drug-likeness (QED) is 0.843. The van der Waals surface area contributed by atoms with Gasteiger partial charge in [-0.25, -0.2) is 0 Å². The van der Waals surface area contributed by atoms with Crippen LogP contribution < -0.4 is 5.32 Å². The Kier molecular flexibility index (Phi) is 4.33. The minimum atomic E-state index is -0.304. The molecule has 1 aliphatic heterocycles. The normalized spacial score (nSPS) is 23.0. The Balaban J connectivity index is 1.85. The molecule has 18 heavy (non-hydrogen) atoms. The molecule has 2 rings (SSSR count). The van der Waals surface area contributed by atoms with E-state index in [9.17, 15) is 4.79 Å². The van der Waals surface area contributed by atoms with E-state index in [1.807, 2.05) is 31.2 Å². The Labute approximate surface area is 107 Å². The number of hydrogen-bond acceptors (Lipinski definition) is 3. The first kappa shape index (κ1) is 13.1. The second-order valence-electron chi connectivity index (χ2n) is 4.75. The monoisotopic (exact) mass is 249 g/mol. The molecule has 1 amide bonds. The predicted octanol–water partition coefficient (Wildman–Crippen LogP) is 1.22. The highest BCUT2D eigenvalue weighted by atomic mass is 16.5. The van der Waals surface area contributed by atoms with E-state index < -0.39 is 0 Å². The summed E-state index contributed by atoms with van der Waals surface area (Å²) in [6.45, 7) is 3.24. The van der Waals surface area contributed by atoms with Crippen molar-refractivity contribution in [2.45, 2.75) is 32.6 Å². The molecule has 0 saturated carbocycles. The molecule has 1 saturated heterocycles. The Morgan fingerprint density at radius 2 is 2.06 bits per heavy atom. The number of hydrogen-bond donors (Lipinski definition) is 2. The predicted molar refractivity (Wildman–Crippen MR) is 67.7 cm³/mol. The summed E-state index contributed by atoms with van der Waals surface area (Å²) in [7, 11) is 0. The highest BCUT2D eigenvalue weighted by Crippen LogP contribution is 2.20. The molecule has 4 heteroatoms. The van der Waals surface area contributed by atoms with Gasteiger partial charge in [-0.1, -0.05) is 31.2 Å². The van der Waals surface area contributed by atoms with Crippen LogP contribution in [0.1, 0.15) is 24.5 Å². The molecule has 1 fully saturated rings. The van der Waals surface area contributed by atoms with Crippen molar-refractivity contribution in [3.05, 3.63) is 35.4 Å². The van der Waals surface area contributed by atoms with Crippen LogP contribution in [0.5, 0.6) is 0 Å². The SMILES string of the molecule is CC1CCOC1C(=O)NCc1ccc(CO)cc1. The molecule has 0 radical (unpaired) electrons. The van der Waals surface area contributed by atoms with E-state index >= 15 is 0 Å². The van der Waals surface area contributed by atoms with Crippen LogP contribution >= 0.6 is 0 Å². The maximum absolute atomic E-state index is 11.9. The smallest absolute Gasteiger partial charge is 0.249 e. The molecule has 0 spiro atoms. The Morgan fingerprint density at radius 3 is 2.61 bits per heavy atom. The van der Waals surface area contributed by atoms with E-state index in [-0.39, 0.29) is 18.6 Å². The molecule has 0 aromatic heterocycles. The van der Waals surface area contributed by atoms with Crippen LogP contribution in [-0.4, -0.2) is 23.7 Å². The summed E-state index contributed by atoms with van der Waals surface area (Å²) >= 11 is 0. The molecule has 0 aliphatic carbocycles. The molecule has 1 aromatic rings. The van der Waals surface area contributed by atoms with Crippen LogP contribution in [0.3, 0.4) is 0 Å². The highest BCUT2D eigenvalue weighted by Gasteiger charge is 2.30. The molecule has 2 atom stereocenters. The number of ether oxygens (including phenoxy) is 1. The summed E-state index contributed by atoms with van der Waals surface area (Å²) in [6.07, 6.45) is 0.644. The summed E-state index contributed by atoms with van der Waals surface area (Å²) in [5, 5.41) is 11.8. The van der Waals surface area contributed by atoms with Gasteiger partial charge < -0.3 is 15.2 Å². The largest absolute Gasteiger partial charge is 0.392 e. The number of rotatable bonds is 4. The third kappa shape index (κ3) is 3.09. The van der Waals surface area contributed by atoms with E-state index in [0.717, 1.165) is 17.5 Å². The van der Waals surface area contributed by atoms with Gasteiger partial charge in [0.15, 0.2) is 0 Å². The van der Waals surface area contributed by atoms with Gasteiger partial charge >= 0.3 is 0 Å². The van der Waals surface area contributed by atoms with Crippen molar-refractivity contribution < 1.29 is 14.6 Å². The first-order valence-electron chi connectivity index (χ1n) is 6.28. The number of carbonyl (C=O) groups excluding carboxylic acids is 1. The van der Waals surface area contributed by atoms with Crippen LogP contribution in [0.25, 0.3) is 0 Å². The fraction of sp³-hybridized carbons (Fsp3) is 0.500. The summed E-state index contributed by atoms with van der Waals surface area (Å²) in [5.74, 6) is 0.257. The topological polar surface area (TPSA) is 58.6 Å². The van der Waals surface area contributed by atoms with E-state index in [0.29, 0.717) is 19.1 Å². The molecule has 98 valence electrons. The van der Waals surface area contributed by atoms with Crippen molar-refractivity contribution in [1.82, 2.24) is 5.32 Å². The van der Waals surface area contributed by atoms with E-state index in [2.05, 4.69) is 5.32 Å². The highest BCUT2D eigenvalue weighted by molar-refractivity contribution is 5.81. The molecule has 0 bridgehead atoms. The number of aliphatic hydroxyl groups excluding tert-OH is 1. The van der Waals surface area contributed by atoms with Gasteiger partial charge in [0.25, 0.3) is 0 Å². The standard InChI is InChI=1S/C14H19NO3/c1-10-6-7-18-13(10)14(17)15-8-11-2-4-12(9-16)5-3-11/h2-5,10,13,16H,6-9H2,1H3,(H,15,17). The first-order chi connectivity index (χ1) is 8.70. The van der Waals surface area contributed by atoms with Crippen molar-refractivity contribution in [2.75, 3.05) is 6.61 Å². The molecular formula is C14H19NO3. The van der Waals surface area contributed by atoms with Crippen LogP contribution in [0, 0.1) is 5.92 Å². The van der Waals surface area contributed by atoms with Gasteiger partial charge in [0, 0.05) is 13.2 Å². The van der Waals surface area contributed by atoms with Crippen LogP contribution in [-0.2, 0) is 22.7 Å². The lowest BCUT2D eigenvalue weighted by Gasteiger charge is -2.14. The minimum Gasteiger partial charge on any atom is -0.392 e. The van der Waals surface area contributed by atoms with Gasteiger partial charge in [0.05, 0.1) is 6.61 Å². The second kappa shape index (κ2) is 5.98. The van der Waals surface area contributed by atoms with Gasteiger partial charge in [0.1, 0.15) is 6.10 Å². The number of aliphatic hydroxyl groups is 1. The summed E-state index contributed by atoms with van der Waals surface area (Å²) in [6, 6.07) is 7.53. The number of amides is 1. The molecule has 2 N–H and O–H groups in total. The van der Waals surface area contributed by atoms with Gasteiger partial charge in [-0.3, -0.25) is 4.79 Å². The Bertz CT molecular complexity index is 402. The average Bonchev–Trinajstić information content (AvgIpc) is 2.83. The maximum atomic E-state index is 11.9. The maximum Gasteiger partial charge on any atom is 0.249 e. The third-order valence-electron chi connectivity index (χ3n) is 3.32.